The molecule has 1 fully saturated rings. The van der Waals surface area contributed by atoms with Gasteiger partial charge >= 0.3 is 0 Å². The third kappa shape index (κ3) is 4.27. The van der Waals surface area contributed by atoms with Gasteiger partial charge in [-0.15, -0.1) is 0 Å². The first kappa shape index (κ1) is 20.4. The van der Waals surface area contributed by atoms with Crippen LogP contribution in [0.15, 0.2) is 72.8 Å². The van der Waals surface area contributed by atoms with Crippen LogP contribution in [0.1, 0.15) is 30.0 Å². The zero-order valence-corrected chi connectivity index (χ0v) is 17.9. The lowest BCUT2D eigenvalue weighted by Crippen LogP contribution is -2.34. The Hall–Kier alpha value is -3.51. The minimum Gasteiger partial charge on any atom is -0.303 e. The number of likely N-dealkylation sites (tertiary alicyclic amines) is 1. The van der Waals surface area contributed by atoms with Gasteiger partial charge in [0.2, 0.25) is 0 Å². The smallest absolute Gasteiger partial charge is 0.270 e. The molecule has 162 valence electrons. The standard InChI is InChI=1S/C26H26N4O2/c31-30(32)23-9-4-8-22(17-23)26-18-25(27-28-26)21-12-15-29(16-13-21)14-11-20-7-3-6-19-5-1-2-10-24(19)20/h1-10,17-18,21H,11-16H2,(H,27,28). The quantitative estimate of drug-likeness (QED) is 0.323. The van der Waals surface area contributed by atoms with Crippen molar-refractivity contribution in [2.45, 2.75) is 25.2 Å². The molecule has 0 radical (unpaired) electrons. The predicted octanol–water partition coefficient (Wildman–Crippen LogP) is 5.56. The zero-order valence-electron chi connectivity index (χ0n) is 17.9. The van der Waals surface area contributed by atoms with Crippen molar-refractivity contribution in [3.63, 3.8) is 0 Å². The lowest BCUT2D eigenvalue weighted by molar-refractivity contribution is -0.384. The van der Waals surface area contributed by atoms with Gasteiger partial charge in [-0.1, -0.05) is 54.6 Å². The Bertz CT molecular complexity index is 1240. The summed E-state index contributed by atoms with van der Waals surface area (Å²) < 4.78 is 0. The van der Waals surface area contributed by atoms with Gasteiger partial charge in [0.1, 0.15) is 0 Å². The number of hydrogen-bond acceptors (Lipinski definition) is 4. The molecule has 2 heterocycles. The van der Waals surface area contributed by atoms with Crippen LogP contribution in [0.3, 0.4) is 0 Å². The van der Waals surface area contributed by atoms with Crippen LogP contribution in [0, 0.1) is 10.1 Å². The molecule has 3 aromatic carbocycles. The second kappa shape index (κ2) is 8.93. The van der Waals surface area contributed by atoms with Gasteiger partial charge in [-0.3, -0.25) is 15.2 Å². The highest BCUT2D eigenvalue weighted by atomic mass is 16.6. The number of nitrogens with zero attached hydrogens (tertiary/aromatic N) is 3. The van der Waals surface area contributed by atoms with Crippen LogP contribution in [0.4, 0.5) is 5.69 Å². The highest BCUT2D eigenvalue weighted by molar-refractivity contribution is 5.85. The summed E-state index contributed by atoms with van der Waals surface area (Å²) in [6.45, 7) is 3.21. The number of aromatic nitrogens is 2. The molecule has 1 N–H and O–H groups in total. The largest absolute Gasteiger partial charge is 0.303 e. The van der Waals surface area contributed by atoms with E-state index in [1.165, 1.54) is 22.4 Å². The molecule has 0 bridgehead atoms. The summed E-state index contributed by atoms with van der Waals surface area (Å²) in [5.41, 5.74) is 4.17. The number of nitrogens with one attached hydrogen (secondary N) is 1. The molecule has 1 aliphatic heterocycles. The van der Waals surface area contributed by atoms with E-state index >= 15 is 0 Å². The Labute approximate surface area is 187 Å². The van der Waals surface area contributed by atoms with Crippen LogP contribution < -0.4 is 0 Å². The summed E-state index contributed by atoms with van der Waals surface area (Å²) in [4.78, 5) is 13.2. The van der Waals surface area contributed by atoms with Crippen molar-refractivity contribution in [1.29, 1.82) is 0 Å². The molecule has 6 heteroatoms. The molecule has 0 amide bonds. The average Bonchev–Trinajstić information content (AvgIpc) is 3.33. The number of non-ortho nitro benzene ring substituents is 1. The van der Waals surface area contributed by atoms with Crippen LogP contribution in [0.5, 0.6) is 0 Å². The summed E-state index contributed by atoms with van der Waals surface area (Å²) in [6, 6.07) is 23.9. The topological polar surface area (TPSA) is 75.1 Å². The lowest BCUT2D eigenvalue weighted by Gasteiger charge is -2.31. The van der Waals surface area contributed by atoms with Gasteiger partial charge < -0.3 is 4.90 Å². The molecule has 4 aromatic rings. The fourth-order valence-corrected chi connectivity index (χ4v) is 4.73. The lowest BCUT2D eigenvalue weighted by atomic mass is 9.92. The molecule has 1 saturated heterocycles. The second-order valence-electron chi connectivity index (χ2n) is 8.52. The molecule has 0 aliphatic carbocycles. The maximum Gasteiger partial charge on any atom is 0.270 e. The van der Waals surface area contributed by atoms with Crippen molar-refractivity contribution in [3.05, 3.63) is 94.2 Å². The number of nitro groups is 1. The fourth-order valence-electron chi connectivity index (χ4n) is 4.73. The summed E-state index contributed by atoms with van der Waals surface area (Å²) in [7, 11) is 0. The van der Waals surface area contributed by atoms with Crippen molar-refractivity contribution in [2.75, 3.05) is 19.6 Å². The van der Waals surface area contributed by atoms with Crippen LogP contribution in [-0.2, 0) is 6.42 Å². The number of piperidine rings is 1. The van der Waals surface area contributed by atoms with Crippen LogP contribution in [-0.4, -0.2) is 39.7 Å². The number of hydrogen-bond donors (Lipinski definition) is 1. The van der Waals surface area contributed by atoms with Crippen LogP contribution >= 0.6 is 0 Å². The number of nitro benzene ring substituents is 1. The maximum absolute atomic E-state index is 11.0. The van der Waals surface area contributed by atoms with E-state index in [0.717, 1.165) is 55.8 Å². The third-order valence-corrected chi connectivity index (χ3v) is 6.56. The summed E-state index contributed by atoms with van der Waals surface area (Å²) >= 11 is 0. The average molecular weight is 427 g/mol. The number of fused-ring (bicyclic) bond motifs is 1. The van der Waals surface area contributed by atoms with E-state index in [2.05, 4.69) is 63.6 Å². The van der Waals surface area contributed by atoms with E-state index < -0.39 is 0 Å². The summed E-state index contributed by atoms with van der Waals surface area (Å²) in [6.07, 6.45) is 3.24. The molecule has 1 aromatic heterocycles. The number of aromatic amines is 1. The molecule has 0 spiro atoms. The molecule has 0 unspecified atom stereocenters. The van der Waals surface area contributed by atoms with E-state index in [9.17, 15) is 10.1 Å². The van der Waals surface area contributed by atoms with E-state index in [1.807, 2.05) is 6.07 Å². The van der Waals surface area contributed by atoms with Gasteiger partial charge in [0, 0.05) is 35.9 Å². The Morgan fingerprint density at radius 1 is 1.00 bits per heavy atom. The third-order valence-electron chi connectivity index (χ3n) is 6.56. The van der Waals surface area contributed by atoms with Crippen molar-refractivity contribution in [1.82, 2.24) is 15.1 Å². The minimum absolute atomic E-state index is 0.0894. The van der Waals surface area contributed by atoms with E-state index in [1.54, 1.807) is 12.1 Å². The van der Waals surface area contributed by atoms with E-state index in [4.69, 9.17) is 0 Å². The van der Waals surface area contributed by atoms with Crippen molar-refractivity contribution < 1.29 is 4.92 Å². The number of benzene rings is 3. The zero-order chi connectivity index (χ0) is 21.9. The Morgan fingerprint density at radius 2 is 1.78 bits per heavy atom. The van der Waals surface area contributed by atoms with Crippen molar-refractivity contribution in [2.24, 2.45) is 0 Å². The molecule has 6 nitrogen and oxygen atoms in total. The maximum atomic E-state index is 11.0. The monoisotopic (exact) mass is 426 g/mol. The summed E-state index contributed by atoms with van der Waals surface area (Å²) in [5, 5.41) is 21.3. The van der Waals surface area contributed by atoms with Gasteiger partial charge in [0.15, 0.2) is 0 Å². The highest BCUT2D eigenvalue weighted by Gasteiger charge is 2.22. The highest BCUT2D eigenvalue weighted by Crippen LogP contribution is 2.30. The van der Waals surface area contributed by atoms with Gasteiger partial charge in [-0.2, -0.15) is 5.10 Å². The first-order valence-corrected chi connectivity index (χ1v) is 11.2. The molecule has 0 saturated carbocycles. The van der Waals surface area contributed by atoms with Crippen LogP contribution in [0.25, 0.3) is 22.0 Å². The fraction of sp³-hybridized carbons (Fsp3) is 0.269. The first-order chi connectivity index (χ1) is 15.7. The Balaban J connectivity index is 1.19. The van der Waals surface area contributed by atoms with E-state index in [0.29, 0.717) is 5.92 Å². The number of H-pyrrole nitrogens is 1. The normalized spacial score (nSPS) is 15.2. The molecule has 0 atom stereocenters. The van der Waals surface area contributed by atoms with Gasteiger partial charge in [0.25, 0.3) is 5.69 Å². The molecule has 5 rings (SSSR count). The Kier molecular flexibility index (Phi) is 5.69. The van der Waals surface area contributed by atoms with Gasteiger partial charge in [-0.05, 0) is 54.8 Å². The SMILES string of the molecule is O=[N+]([O-])c1cccc(-c2cc(C3CCN(CCc4cccc5ccccc45)CC3)[nH]n2)c1. The molecular weight excluding hydrogens is 400 g/mol. The Morgan fingerprint density at radius 3 is 2.62 bits per heavy atom. The van der Waals surface area contributed by atoms with Crippen LogP contribution in [0.2, 0.25) is 0 Å². The van der Waals surface area contributed by atoms with Crippen molar-refractivity contribution in [3.8, 4) is 11.3 Å². The predicted molar refractivity (Wildman–Crippen MR) is 127 cm³/mol. The number of rotatable bonds is 6. The van der Waals surface area contributed by atoms with E-state index in [-0.39, 0.29) is 10.6 Å². The summed E-state index contributed by atoms with van der Waals surface area (Å²) in [5.74, 6) is 0.448. The van der Waals surface area contributed by atoms with Gasteiger partial charge in [0.05, 0.1) is 10.6 Å². The second-order valence-corrected chi connectivity index (χ2v) is 8.52. The van der Waals surface area contributed by atoms with Gasteiger partial charge in [-0.25, -0.2) is 0 Å². The molecule has 1 aliphatic rings. The molecule has 32 heavy (non-hydrogen) atoms. The first-order valence-electron chi connectivity index (χ1n) is 11.2. The van der Waals surface area contributed by atoms with Crippen molar-refractivity contribution >= 4 is 16.5 Å². The minimum atomic E-state index is -0.370. The molecular formula is C26H26N4O2.